The topological polar surface area (TPSA) is 20.3 Å². The van der Waals surface area contributed by atoms with Gasteiger partial charge in [-0.3, -0.25) is 4.79 Å². The Balaban J connectivity index is 1.62. The summed E-state index contributed by atoms with van der Waals surface area (Å²) in [6.45, 7) is 0.871. The van der Waals surface area contributed by atoms with Crippen molar-refractivity contribution in [2.24, 2.45) is 0 Å². The van der Waals surface area contributed by atoms with Gasteiger partial charge in [0.1, 0.15) is 0 Å². The summed E-state index contributed by atoms with van der Waals surface area (Å²) in [6.07, 6.45) is 19.2. The van der Waals surface area contributed by atoms with E-state index in [9.17, 15) is 4.79 Å². The van der Waals surface area contributed by atoms with Crippen molar-refractivity contribution in [3.63, 3.8) is 0 Å². The SMILES string of the molecule is O=C1C=CC(=CC=C2C=CN(Cc3ccccc3)C=C2)C=C1. The van der Waals surface area contributed by atoms with Crippen LogP contribution in [0.4, 0.5) is 0 Å². The molecule has 0 radical (unpaired) electrons. The van der Waals surface area contributed by atoms with Crippen LogP contribution in [0.3, 0.4) is 0 Å². The van der Waals surface area contributed by atoms with Crippen LogP contribution in [0.5, 0.6) is 0 Å². The molecule has 0 atom stereocenters. The van der Waals surface area contributed by atoms with Crippen molar-refractivity contribution in [1.82, 2.24) is 4.90 Å². The fourth-order valence-electron chi connectivity index (χ4n) is 2.25. The molecule has 0 unspecified atom stereocenters. The zero-order valence-corrected chi connectivity index (χ0v) is 12.2. The molecule has 0 saturated carbocycles. The van der Waals surface area contributed by atoms with Crippen LogP contribution in [-0.4, -0.2) is 10.7 Å². The standard InChI is InChI=1S/C20H17NO/c22-20-10-8-17(9-11-20)6-7-18-12-14-21(15-13-18)16-19-4-2-1-3-5-19/h1-15H,16H2. The average molecular weight is 287 g/mol. The molecule has 1 heterocycles. The number of benzene rings is 1. The van der Waals surface area contributed by atoms with Crippen molar-refractivity contribution in [3.8, 4) is 0 Å². The molecule has 0 aromatic heterocycles. The lowest BCUT2D eigenvalue weighted by molar-refractivity contribution is -0.110. The van der Waals surface area contributed by atoms with Gasteiger partial charge in [-0.2, -0.15) is 0 Å². The third-order valence-corrected chi connectivity index (χ3v) is 3.47. The van der Waals surface area contributed by atoms with Gasteiger partial charge < -0.3 is 4.90 Å². The molecule has 1 aromatic carbocycles. The zero-order chi connectivity index (χ0) is 15.2. The summed E-state index contributed by atoms with van der Waals surface area (Å²) in [6, 6.07) is 10.4. The third-order valence-electron chi connectivity index (χ3n) is 3.47. The Hall–Kier alpha value is -2.87. The van der Waals surface area contributed by atoms with Gasteiger partial charge in [0, 0.05) is 18.9 Å². The minimum absolute atomic E-state index is 0.0406. The highest BCUT2D eigenvalue weighted by atomic mass is 16.1. The first-order valence-corrected chi connectivity index (χ1v) is 7.28. The van der Waals surface area contributed by atoms with Crippen LogP contribution in [0.25, 0.3) is 0 Å². The molecule has 0 amide bonds. The van der Waals surface area contributed by atoms with Crippen LogP contribution in [-0.2, 0) is 11.3 Å². The molecular formula is C20H17NO. The maximum atomic E-state index is 11.1. The van der Waals surface area contributed by atoms with Crippen LogP contribution >= 0.6 is 0 Å². The average Bonchev–Trinajstić information content (AvgIpc) is 2.57. The number of rotatable bonds is 3. The normalized spacial score (nSPS) is 16.4. The molecule has 0 fully saturated rings. The summed E-state index contributed by atoms with van der Waals surface area (Å²) in [5, 5.41) is 0. The largest absolute Gasteiger partial charge is 0.350 e. The fraction of sp³-hybridized carbons (Fsp3) is 0.0500. The van der Waals surface area contributed by atoms with Gasteiger partial charge >= 0.3 is 0 Å². The predicted molar refractivity (Wildman–Crippen MR) is 89.7 cm³/mol. The van der Waals surface area contributed by atoms with Gasteiger partial charge in [-0.25, -0.2) is 0 Å². The maximum absolute atomic E-state index is 11.1. The van der Waals surface area contributed by atoms with Crippen LogP contribution in [0.1, 0.15) is 5.56 Å². The molecule has 2 aliphatic rings. The number of hydrogen-bond acceptors (Lipinski definition) is 2. The van der Waals surface area contributed by atoms with Crippen LogP contribution in [0, 0.1) is 0 Å². The van der Waals surface area contributed by atoms with Gasteiger partial charge in [0.2, 0.25) is 0 Å². The first kappa shape index (κ1) is 14.1. The Kier molecular flexibility index (Phi) is 4.30. The van der Waals surface area contributed by atoms with E-state index in [1.54, 1.807) is 12.2 Å². The monoisotopic (exact) mass is 287 g/mol. The minimum atomic E-state index is 0.0406. The molecule has 0 bridgehead atoms. The van der Waals surface area contributed by atoms with Crippen molar-refractivity contribution in [2.45, 2.75) is 6.54 Å². The summed E-state index contributed by atoms with van der Waals surface area (Å²) in [7, 11) is 0. The number of carbonyl (C=O) groups excluding carboxylic acids is 1. The van der Waals surface area contributed by atoms with Crippen molar-refractivity contribution in [2.75, 3.05) is 0 Å². The first-order chi connectivity index (χ1) is 10.8. The van der Waals surface area contributed by atoms with Gasteiger partial charge in [0.15, 0.2) is 5.78 Å². The van der Waals surface area contributed by atoms with Crippen LogP contribution < -0.4 is 0 Å². The number of carbonyl (C=O) groups is 1. The Labute approximate surface area is 130 Å². The summed E-state index contributed by atoms with van der Waals surface area (Å²) in [4.78, 5) is 13.2. The quantitative estimate of drug-likeness (QED) is 0.835. The van der Waals surface area contributed by atoms with Gasteiger partial charge in [0.25, 0.3) is 0 Å². The molecule has 1 aliphatic heterocycles. The predicted octanol–water partition coefficient (Wildman–Crippen LogP) is 4.08. The minimum Gasteiger partial charge on any atom is -0.350 e. The van der Waals surface area contributed by atoms with E-state index in [2.05, 4.69) is 53.7 Å². The van der Waals surface area contributed by atoms with Crippen molar-refractivity contribution < 1.29 is 4.79 Å². The van der Waals surface area contributed by atoms with E-state index in [-0.39, 0.29) is 5.78 Å². The highest BCUT2D eigenvalue weighted by Crippen LogP contribution is 2.14. The molecule has 22 heavy (non-hydrogen) atoms. The lowest BCUT2D eigenvalue weighted by Gasteiger charge is -2.18. The number of nitrogens with zero attached hydrogens (tertiary/aromatic N) is 1. The molecular weight excluding hydrogens is 270 g/mol. The van der Waals surface area contributed by atoms with E-state index in [1.165, 1.54) is 5.56 Å². The summed E-state index contributed by atoms with van der Waals surface area (Å²) in [5.74, 6) is 0.0406. The van der Waals surface area contributed by atoms with Gasteiger partial charge in [-0.1, -0.05) is 54.6 Å². The van der Waals surface area contributed by atoms with Gasteiger partial charge in [-0.05, 0) is 41.0 Å². The van der Waals surface area contributed by atoms with E-state index < -0.39 is 0 Å². The summed E-state index contributed by atoms with van der Waals surface area (Å²) < 4.78 is 0. The third kappa shape index (κ3) is 3.83. The smallest absolute Gasteiger partial charge is 0.178 e. The molecule has 0 spiro atoms. The Morgan fingerprint density at radius 1 is 0.773 bits per heavy atom. The van der Waals surface area contributed by atoms with E-state index >= 15 is 0 Å². The molecule has 2 heteroatoms. The highest BCUT2D eigenvalue weighted by Gasteiger charge is 2.02. The zero-order valence-electron chi connectivity index (χ0n) is 12.2. The lowest BCUT2D eigenvalue weighted by Crippen LogP contribution is -2.11. The van der Waals surface area contributed by atoms with E-state index in [1.807, 2.05) is 30.4 Å². The highest BCUT2D eigenvalue weighted by molar-refractivity contribution is 6.01. The molecule has 2 nitrogen and oxygen atoms in total. The Bertz CT molecular complexity index is 696. The fourth-order valence-corrected chi connectivity index (χ4v) is 2.25. The van der Waals surface area contributed by atoms with Gasteiger partial charge in [0.05, 0.1) is 0 Å². The second kappa shape index (κ2) is 6.72. The molecule has 1 aromatic rings. The van der Waals surface area contributed by atoms with E-state index in [0.717, 1.165) is 17.7 Å². The van der Waals surface area contributed by atoms with Crippen molar-refractivity contribution >= 4 is 5.78 Å². The molecule has 3 rings (SSSR count). The molecule has 0 saturated heterocycles. The van der Waals surface area contributed by atoms with Crippen LogP contribution in [0.15, 0.2) is 102 Å². The van der Waals surface area contributed by atoms with Crippen molar-refractivity contribution in [3.05, 3.63) is 108 Å². The van der Waals surface area contributed by atoms with E-state index in [0.29, 0.717) is 0 Å². The Morgan fingerprint density at radius 2 is 1.36 bits per heavy atom. The summed E-state index contributed by atoms with van der Waals surface area (Å²) >= 11 is 0. The molecule has 0 N–H and O–H groups in total. The maximum Gasteiger partial charge on any atom is 0.178 e. The second-order valence-corrected chi connectivity index (χ2v) is 5.19. The first-order valence-electron chi connectivity index (χ1n) is 7.28. The number of allylic oxidation sites excluding steroid dienone is 10. The number of hydrogen-bond donors (Lipinski definition) is 0. The second-order valence-electron chi connectivity index (χ2n) is 5.19. The van der Waals surface area contributed by atoms with E-state index in [4.69, 9.17) is 0 Å². The molecule has 108 valence electrons. The van der Waals surface area contributed by atoms with Crippen molar-refractivity contribution in [1.29, 1.82) is 0 Å². The molecule has 1 aliphatic carbocycles. The van der Waals surface area contributed by atoms with Crippen LogP contribution in [0.2, 0.25) is 0 Å². The Morgan fingerprint density at radius 3 is 2.00 bits per heavy atom. The summed E-state index contributed by atoms with van der Waals surface area (Å²) in [5.41, 5.74) is 3.45. The lowest BCUT2D eigenvalue weighted by atomic mass is 10.1. The number of ketones is 1. The van der Waals surface area contributed by atoms with Gasteiger partial charge in [-0.15, -0.1) is 0 Å².